The van der Waals surface area contributed by atoms with Gasteiger partial charge in [-0.25, -0.2) is 0 Å². The van der Waals surface area contributed by atoms with E-state index in [0.717, 1.165) is 0 Å². The van der Waals surface area contributed by atoms with Crippen LogP contribution < -0.4 is 0 Å². The van der Waals surface area contributed by atoms with Gasteiger partial charge in [-0.15, -0.1) is 68.0 Å². The molecular formula is C52H70S6. The molecule has 314 valence electrons. The molecule has 0 aliphatic heterocycles. The fourth-order valence-corrected chi connectivity index (χ4v) is 15.9. The van der Waals surface area contributed by atoms with Gasteiger partial charge in [0.25, 0.3) is 0 Å². The van der Waals surface area contributed by atoms with Gasteiger partial charge in [-0.05, 0) is 128 Å². The van der Waals surface area contributed by atoms with E-state index in [1.165, 1.54) is 138 Å². The molecule has 6 heteroatoms. The van der Waals surface area contributed by atoms with E-state index in [9.17, 15) is 0 Å². The molecule has 6 aromatic rings. The van der Waals surface area contributed by atoms with Crippen LogP contribution >= 0.6 is 68.0 Å². The summed E-state index contributed by atoms with van der Waals surface area (Å²) < 4.78 is 0. The number of unbranched alkanes of at least 4 members (excludes halogenated alkanes) is 6. The lowest BCUT2D eigenvalue weighted by atomic mass is 10.00. The predicted molar refractivity (Wildman–Crippen MR) is 272 cm³/mol. The SMILES string of the molecule is CCCCCc1cc(-c2cc(-c3cc(-c4cc(C)c(C(C)C)s4)sc3-c3cc(CCCCC)c(C(C)C)s3)c(-c3cc(CCCCC)c(C(C)C)s3)s2)sc1C(C)C. The second kappa shape index (κ2) is 20.8. The van der Waals surface area contributed by atoms with Crippen molar-refractivity contribution < 1.29 is 0 Å². The van der Waals surface area contributed by atoms with Crippen molar-refractivity contribution in [3.05, 3.63) is 78.2 Å². The fraction of sp³-hybridized carbons (Fsp3) is 0.538. The van der Waals surface area contributed by atoms with Gasteiger partial charge < -0.3 is 0 Å². The lowest BCUT2D eigenvalue weighted by molar-refractivity contribution is 0.711. The minimum absolute atomic E-state index is 0.530. The Hall–Kier alpha value is -1.80. The standard InChI is InChI=1S/C52H70S6/c1-13-16-19-22-36-26-42(54-48(36)32(6)7)44-30-40(52(56-44)46-28-38(24-21-18-15-3)50(58-46)34(10)11)39-29-43(41-25-35(12)47(53-41)31(4)5)55-51(39)45-27-37(23-20-17-14-2)49(57-45)33(8)9/h25-34H,13-24H2,1-12H3. The van der Waals surface area contributed by atoms with E-state index in [2.05, 4.69) is 165 Å². The van der Waals surface area contributed by atoms with Gasteiger partial charge in [-0.1, -0.05) is 115 Å². The lowest BCUT2D eigenvalue weighted by Crippen LogP contribution is -1.90. The van der Waals surface area contributed by atoms with Crippen molar-refractivity contribution in [1.82, 2.24) is 0 Å². The molecule has 0 aliphatic carbocycles. The van der Waals surface area contributed by atoms with E-state index in [1.807, 2.05) is 22.7 Å². The predicted octanol–water partition coefficient (Wildman–Crippen LogP) is 20.4. The number of rotatable bonds is 21. The minimum Gasteiger partial charge on any atom is -0.139 e. The molecule has 0 saturated carbocycles. The first-order chi connectivity index (χ1) is 27.8. The first-order valence-electron chi connectivity index (χ1n) is 22.6. The molecular weight excluding hydrogens is 817 g/mol. The van der Waals surface area contributed by atoms with Gasteiger partial charge in [-0.3, -0.25) is 0 Å². The molecule has 6 aromatic heterocycles. The highest BCUT2D eigenvalue weighted by molar-refractivity contribution is 7.28. The summed E-state index contributed by atoms with van der Waals surface area (Å²) in [5, 5.41) is 0. The molecule has 0 fully saturated rings. The summed E-state index contributed by atoms with van der Waals surface area (Å²) in [5.74, 6) is 2.14. The second-order valence-electron chi connectivity index (χ2n) is 17.9. The smallest absolute Gasteiger partial charge is 0.0528 e. The van der Waals surface area contributed by atoms with Crippen LogP contribution in [0, 0.1) is 6.92 Å². The van der Waals surface area contributed by atoms with Crippen LogP contribution in [-0.4, -0.2) is 0 Å². The summed E-state index contributed by atoms with van der Waals surface area (Å²) >= 11 is 12.3. The number of hydrogen-bond donors (Lipinski definition) is 0. The van der Waals surface area contributed by atoms with Gasteiger partial charge >= 0.3 is 0 Å². The molecule has 6 rings (SSSR count). The van der Waals surface area contributed by atoms with Crippen LogP contribution in [0.25, 0.3) is 50.1 Å². The van der Waals surface area contributed by atoms with Crippen LogP contribution in [0.3, 0.4) is 0 Å². The molecule has 0 saturated heterocycles. The van der Waals surface area contributed by atoms with E-state index in [1.54, 1.807) is 31.3 Å². The molecule has 0 unspecified atom stereocenters. The summed E-state index contributed by atoms with van der Waals surface area (Å²) in [6.45, 7) is 28.4. The Morgan fingerprint density at radius 2 is 0.672 bits per heavy atom. The van der Waals surface area contributed by atoms with E-state index >= 15 is 0 Å². The first kappa shape index (κ1) is 45.7. The Kier molecular flexibility index (Phi) is 16.4. The Balaban J connectivity index is 1.60. The van der Waals surface area contributed by atoms with E-state index in [4.69, 9.17) is 0 Å². The van der Waals surface area contributed by atoms with E-state index in [-0.39, 0.29) is 0 Å². The third kappa shape index (κ3) is 10.4. The zero-order valence-electron chi connectivity index (χ0n) is 37.7. The Morgan fingerprint density at radius 3 is 1.02 bits per heavy atom. The van der Waals surface area contributed by atoms with Crippen molar-refractivity contribution in [3.8, 4) is 50.1 Å². The van der Waals surface area contributed by atoms with Gasteiger partial charge in [0.2, 0.25) is 0 Å². The third-order valence-corrected chi connectivity index (χ3v) is 20.4. The maximum absolute atomic E-state index is 2.62. The van der Waals surface area contributed by atoms with Crippen LogP contribution in [0.4, 0.5) is 0 Å². The Bertz CT molecular complexity index is 2210. The zero-order valence-corrected chi connectivity index (χ0v) is 42.6. The van der Waals surface area contributed by atoms with Crippen LogP contribution in [0.15, 0.2) is 36.4 Å². The van der Waals surface area contributed by atoms with Crippen LogP contribution in [0.5, 0.6) is 0 Å². The summed E-state index contributed by atoms with van der Waals surface area (Å²) in [4.78, 5) is 17.9. The first-order valence-corrected chi connectivity index (χ1v) is 27.5. The molecule has 0 atom stereocenters. The van der Waals surface area contributed by atoms with Gasteiger partial charge in [0, 0.05) is 59.9 Å². The zero-order chi connectivity index (χ0) is 41.7. The number of hydrogen-bond acceptors (Lipinski definition) is 6. The highest BCUT2D eigenvalue weighted by Gasteiger charge is 2.27. The van der Waals surface area contributed by atoms with Gasteiger partial charge in [0.1, 0.15) is 0 Å². The molecule has 6 heterocycles. The molecule has 0 aliphatic rings. The largest absolute Gasteiger partial charge is 0.139 e. The highest BCUT2D eigenvalue weighted by Crippen LogP contribution is 2.55. The number of thiophene rings is 6. The molecule has 0 nitrogen and oxygen atoms in total. The van der Waals surface area contributed by atoms with Crippen molar-refractivity contribution in [2.45, 2.75) is 184 Å². The normalized spacial score (nSPS) is 12.2. The van der Waals surface area contributed by atoms with Gasteiger partial charge in [-0.2, -0.15) is 0 Å². The molecule has 58 heavy (non-hydrogen) atoms. The Labute approximate surface area is 377 Å². The van der Waals surface area contributed by atoms with Crippen LogP contribution in [0.1, 0.15) is 199 Å². The summed E-state index contributed by atoms with van der Waals surface area (Å²) in [5.41, 5.74) is 9.05. The monoisotopic (exact) mass is 886 g/mol. The molecule has 0 spiro atoms. The van der Waals surface area contributed by atoms with E-state index < -0.39 is 0 Å². The van der Waals surface area contributed by atoms with E-state index in [0.29, 0.717) is 23.7 Å². The molecule has 0 aromatic carbocycles. The van der Waals surface area contributed by atoms with Gasteiger partial charge in [0.05, 0.1) is 9.75 Å². The molecule has 0 N–H and O–H groups in total. The van der Waals surface area contributed by atoms with Crippen molar-refractivity contribution in [2.75, 3.05) is 0 Å². The highest BCUT2D eigenvalue weighted by atomic mass is 32.1. The minimum atomic E-state index is 0.530. The second-order valence-corrected chi connectivity index (χ2v) is 24.3. The Morgan fingerprint density at radius 1 is 0.362 bits per heavy atom. The topological polar surface area (TPSA) is 0 Å². The van der Waals surface area contributed by atoms with Crippen molar-refractivity contribution >= 4 is 68.0 Å². The molecule has 0 radical (unpaired) electrons. The fourth-order valence-electron chi connectivity index (χ4n) is 8.40. The molecule has 0 amide bonds. The van der Waals surface area contributed by atoms with Crippen molar-refractivity contribution in [1.29, 1.82) is 0 Å². The average Bonchev–Trinajstić information content (AvgIpc) is 4.02. The maximum atomic E-state index is 2.62. The van der Waals surface area contributed by atoms with Crippen molar-refractivity contribution in [2.24, 2.45) is 0 Å². The third-order valence-electron chi connectivity index (χ3n) is 11.4. The quantitative estimate of drug-likeness (QED) is 0.0632. The van der Waals surface area contributed by atoms with Gasteiger partial charge in [0.15, 0.2) is 0 Å². The lowest BCUT2D eigenvalue weighted by Gasteiger charge is -2.06. The summed E-state index contributed by atoms with van der Waals surface area (Å²) in [7, 11) is 0. The molecule has 0 bridgehead atoms. The number of aryl methyl sites for hydroxylation is 4. The average molecular weight is 888 g/mol. The maximum Gasteiger partial charge on any atom is 0.0528 e. The van der Waals surface area contributed by atoms with Crippen LogP contribution in [-0.2, 0) is 19.3 Å². The summed E-state index contributed by atoms with van der Waals surface area (Å²) in [6, 6.07) is 15.5. The van der Waals surface area contributed by atoms with Crippen molar-refractivity contribution in [3.63, 3.8) is 0 Å². The summed E-state index contributed by atoms with van der Waals surface area (Å²) in [6.07, 6.45) is 15.1. The van der Waals surface area contributed by atoms with Crippen LogP contribution in [0.2, 0.25) is 0 Å².